The molecular weight excluding hydrogens is 426 g/mol. The van der Waals surface area contributed by atoms with Crippen LogP contribution >= 0.6 is 11.6 Å². The maximum Gasteiger partial charge on any atom is 0.223 e. The number of halogens is 1. The van der Waals surface area contributed by atoms with Crippen LogP contribution in [-0.4, -0.2) is 49.6 Å². The molecule has 6 nitrogen and oxygen atoms in total. The van der Waals surface area contributed by atoms with Crippen molar-refractivity contribution in [1.82, 2.24) is 15.2 Å². The summed E-state index contributed by atoms with van der Waals surface area (Å²) in [7, 11) is 3.25. The molecule has 1 unspecified atom stereocenters. The molecule has 2 fully saturated rings. The largest absolute Gasteiger partial charge is 0.493 e. The summed E-state index contributed by atoms with van der Waals surface area (Å²) in [6.07, 6.45) is 8.69. The molecule has 0 bridgehead atoms. The zero-order chi connectivity index (χ0) is 22.6. The normalized spacial score (nSPS) is 19.5. The zero-order valence-electron chi connectivity index (χ0n) is 18.9. The Morgan fingerprint density at radius 3 is 2.56 bits per heavy atom. The number of amides is 1. The van der Waals surface area contributed by atoms with E-state index < -0.39 is 0 Å². The lowest BCUT2D eigenvalue weighted by Crippen LogP contribution is -2.37. The van der Waals surface area contributed by atoms with E-state index in [9.17, 15) is 4.79 Å². The Kier molecular flexibility index (Phi) is 7.21. The van der Waals surface area contributed by atoms with Crippen molar-refractivity contribution >= 4 is 17.5 Å². The fourth-order valence-corrected chi connectivity index (χ4v) is 5.08. The Balaban J connectivity index is 1.22. The fraction of sp³-hybridized carbons (Fsp3) is 0.520. The second-order valence-electron chi connectivity index (χ2n) is 8.94. The first-order valence-corrected chi connectivity index (χ1v) is 11.7. The number of piperidine rings is 1. The number of carbonyl (C=O) groups is 1. The number of aryl methyl sites for hydroxylation is 1. The zero-order valence-corrected chi connectivity index (χ0v) is 19.7. The molecule has 1 aliphatic heterocycles. The van der Waals surface area contributed by atoms with E-state index in [0.29, 0.717) is 16.5 Å². The van der Waals surface area contributed by atoms with Crippen LogP contribution in [0.5, 0.6) is 11.5 Å². The van der Waals surface area contributed by atoms with Gasteiger partial charge in [-0.05, 0) is 79.9 Å². The number of nitrogens with zero attached hydrogens (tertiary/aromatic N) is 2. The highest BCUT2D eigenvalue weighted by atomic mass is 35.5. The van der Waals surface area contributed by atoms with Gasteiger partial charge in [-0.25, -0.2) is 0 Å². The predicted molar refractivity (Wildman–Crippen MR) is 125 cm³/mol. The van der Waals surface area contributed by atoms with Gasteiger partial charge in [0.05, 0.1) is 14.2 Å². The third-order valence-corrected chi connectivity index (χ3v) is 7.35. The van der Waals surface area contributed by atoms with Crippen LogP contribution in [0.15, 0.2) is 36.7 Å². The minimum absolute atomic E-state index is 0.176. The Morgan fingerprint density at radius 2 is 1.88 bits per heavy atom. The molecular formula is C25H32ClN3O3. The van der Waals surface area contributed by atoms with Gasteiger partial charge in [-0.15, -0.1) is 0 Å². The van der Waals surface area contributed by atoms with Crippen LogP contribution in [0, 0.1) is 11.3 Å². The van der Waals surface area contributed by atoms with Crippen molar-refractivity contribution in [1.29, 1.82) is 0 Å². The first kappa shape index (κ1) is 22.9. The maximum absolute atomic E-state index is 12.7. The molecule has 1 aromatic heterocycles. The van der Waals surface area contributed by atoms with E-state index >= 15 is 0 Å². The minimum atomic E-state index is 0.176. The molecule has 4 rings (SSSR count). The maximum atomic E-state index is 12.7. The molecule has 1 spiro atoms. The summed E-state index contributed by atoms with van der Waals surface area (Å²) in [5.74, 6) is 1.75. The smallest absolute Gasteiger partial charge is 0.223 e. The molecule has 1 aromatic carbocycles. The Bertz CT molecular complexity index is 930. The highest BCUT2D eigenvalue weighted by Crippen LogP contribution is 2.59. The van der Waals surface area contributed by atoms with E-state index in [2.05, 4.69) is 15.2 Å². The van der Waals surface area contributed by atoms with E-state index in [-0.39, 0.29) is 17.2 Å². The number of nitrogens with one attached hydrogen (secondary N) is 1. The first-order valence-electron chi connectivity index (χ1n) is 11.3. The van der Waals surface area contributed by atoms with E-state index in [4.69, 9.17) is 21.1 Å². The van der Waals surface area contributed by atoms with Gasteiger partial charge < -0.3 is 14.8 Å². The summed E-state index contributed by atoms with van der Waals surface area (Å²) in [4.78, 5) is 19.1. The second-order valence-corrected chi connectivity index (χ2v) is 9.35. The van der Waals surface area contributed by atoms with Crippen LogP contribution in [0.3, 0.4) is 0 Å². The van der Waals surface area contributed by atoms with Gasteiger partial charge in [-0.1, -0.05) is 11.6 Å². The molecule has 1 atom stereocenters. The number of aromatic nitrogens is 1. The summed E-state index contributed by atoms with van der Waals surface area (Å²) in [5, 5.41) is 3.85. The summed E-state index contributed by atoms with van der Waals surface area (Å²) < 4.78 is 10.7. The Labute approximate surface area is 195 Å². The van der Waals surface area contributed by atoms with Gasteiger partial charge in [0.15, 0.2) is 11.5 Å². The number of pyridine rings is 1. The SMILES string of the molecule is COc1cc(Cl)c(CN2CCC3(CC2)CC3C(=O)NCCCc2ccncc2)cc1OC. The summed E-state index contributed by atoms with van der Waals surface area (Å²) >= 11 is 6.47. The lowest BCUT2D eigenvalue weighted by molar-refractivity contribution is -0.123. The van der Waals surface area contributed by atoms with Crippen molar-refractivity contribution in [3.8, 4) is 11.5 Å². The molecule has 1 N–H and O–H groups in total. The van der Waals surface area contributed by atoms with Crippen molar-refractivity contribution < 1.29 is 14.3 Å². The quantitative estimate of drug-likeness (QED) is 0.574. The third kappa shape index (κ3) is 5.18. The number of carbonyl (C=O) groups excluding carboxylic acids is 1. The van der Waals surface area contributed by atoms with Gasteiger partial charge >= 0.3 is 0 Å². The monoisotopic (exact) mass is 457 g/mol. The number of methoxy groups -OCH3 is 2. The molecule has 1 saturated heterocycles. The lowest BCUT2D eigenvalue weighted by atomic mass is 9.90. The summed E-state index contributed by atoms with van der Waals surface area (Å²) in [6.45, 7) is 3.48. The van der Waals surface area contributed by atoms with Crippen LogP contribution < -0.4 is 14.8 Å². The molecule has 1 saturated carbocycles. The number of benzene rings is 1. The fourth-order valence-electron chi connectivity index (χ4n) is 4.86. The van der Waals surface area contributed by atoms with Crippen LogP contribution in [0.4, 0.5) is 0 Å². The second kappa shape index (κ2) is 10.1. The van der Waals surface area contributed by atoms with Gasteiger partial charge in [-0.3, -0.25) is 14.7 Å². The molecule has 0 radical (unpaired) electrons. The predicted octanol–water partition coefficient (Wildman–Crippen LogP) is 4.10. The Morgan fingerprint density at radius 1 is 1.19 bits per heavy atom. The van der Waals surface area contributed by atoms with Crippen molar-refractivity contribution in [3.05, 3.63) is 52.8 Å². The lowest BCUT2D eigenvalue weighted by Gasteiger charge is -2.33. The third-order valence-electron chi connectivity index (χ3n) is 7.00. The van der Waals surface area contributed by atoms with Gasteiger partial charge in [0, 0.05) is 42.5 Å². The minimum Gasteiger partial charge on any atom is -0.493 e. The van der Waals surface area contributed by atoms with Gasteiger partial charge in [0.1, 0.15) is 0 Å². The molecule has 1 amide bonds. The number of hydrogen-bond donors (Lipinski definition) is 1. The first-order chi connectivity index (χ1) is 15.5. The molecule has 7 heteroatoms. The van der Waals surface area contributed by atoms with E-state index in [1.807, 2.05) is 36.7 Å². The van der Waals surface area contributed by atoms with E-state index in [0.717, 1.165) is 63.8 Å². The molecule has 2 heterocycles. The van der Waals surface area contributed by atoms with Crippen molar-refractivity contribution in [2.24, 2.45) is 11.3 Å². The van der Waals surface area contributed by atoms with Crippen molar-refractivity contribution in [3.63, 3.8) is 0 Å². The summed E-state index contributed by atoms with van der Waals surface area (Å²) in [6, 6.07) is 7.84. The number of likely N-dealkylation sites (tertiary alicyclic amines) is 1. The number of rotatable bonds is 9. The Hall–Kier alpha value is -2.31. The van der Waals surface area contributed by atoms with Crippen LogP contribution in [-0.2, 0) is 17.8 Å². The molecule has 1 aliphatic carbocycles. The van der Waals surface area contributed by atoms with Crippen LogP contribution in [0.25, 0.3) is 0 Å². The average Bonchev–Trinajstić information content (AvgIpc) is 3.53. The average molecular weight is 458 g/mol. The highest BCUT2D eigenvalue weighted by molar-refractivity contribution is 6.31. The van der Waals surface area contributed by atoms with Gasteiger partial charge in [0.25, 0.3) is 0 Å². The van der Waals surface area contributed by atoms with Crippen molar-refractivity contribution in [2.75, 3.05) is 33.9 Å². The topological polar surface area (TPSA) is 63.7 Å². The van der Waals surface area contributed by atoms with E-state index in [1.165, 1.54) is 5.56 Å². The standard InChI is InChI=1S/C25H32ClN3O3/c1-31-22-14-19(21(26)15-23(22)32-2)17-29-12-7-25(8-13-29)16-20(25)24(30)28-9-3-4-18-5-10-27-11-6-18/h5-6,10-11,14-15,20H,3-4,7-9,12-13,16-17H2,1-2H3,(H,28,30). The van der Waals surface area contributed by atoms with Crippen molar-refractivity contribution in [2.45, 2.75) is 38.6 Å². The van der Waals surface area contributed by atoms with Gasteiger partial charge in [0.2, 0.25) is 5.91 Å². The van der Waals surface area contributed by atoms with Crippen LogP contribution in [0.2, 0.25) is 5.02 Å². The van der Waals surface area contributed by atoms with Gasteiger partial charge in [-0.2, -0.15) is 0 Å². The molecule has 2 aliphatic rings. The highest BCUT2D eigenvalue weighted by Gasteiger charge is 2.58. The number of ether oxygens (including phenoxy) is 2. The van der Waals surface area contributed by atoms with Crippen LogP contribution in [0.1, 0.15) is 36.8 Å². The summed E-state index contributed by atoms with van der Waals surface area (Å²) in [5.41, 5.74) is 2.51. The number of hydrogen-bond acceptors (Lipinski definition) is 5. The van der Waals surface area contributed by atoms with E-state index in [1.54, 1.807) is 14.2 Å². The molecule has 172 valence electrons. The molecule has 2 aromatic rings. The molecule has 32 heavy (non-hydrogen) atoms.